The Hall–Kier alpha value is -3.12. The normalized spacial score (nSPS) is 22.4. The first-order valence-electron chi connectivity index (χ1n) is 12.3. The van der Waals surface area contributed by atoms with Crippen LogP contribution in [0, 0.1) is 39.0 Å². The maximum atomic E-state index is 2.45. The zero-order valence-corrected chi connectivity index (χ0v) is 20.2. The van der Waals surface area contributed by atoms with Crippen molar-refractivity contribution in [2.24, 2.45) is 11.3 Å². The Bertz CT molecular complexity index is 1480. The number of benzene rings is 3. The zero-order valence-electron chi connectivity index (χ0n) is 20.2. The zero-order chi connectivity index (χ0) is 22.7. The lowest BCUT2D eigenvalue weighted by atomic mass is 9.70. The molecule has 3 aliphatic carbocycles. The van der Waals surface area contributed by atoms with Crippen LogP contribution in [0.3, 0.4) is 0 Å². The third-order valence-corrected chi connectivity index (χ3v) is 8.29. The predicted octanol–water partition coefficient (Wildman–Crippen LogP) is 6.22. The molecule has 1 fully saturated rings. The van der Waals surface area contributed by atoms with Crippen LogP contribution in [0.5, 0.6) is 0 Å². The van der Waals surface area contributed by atoms with Crippen LogP contribution in [0.4, 0.5) is 0 Å². The van der Waals surface area contributed by atoms with Crippen molar-refractivity contribution >= 4 is 11.1 Å². The van der Waals surface area contributed by atoms with Gasteiger partial charge in [0.2, 0.25) is 0 Å². The highest BCUT2D eigenvalue weighted by Gasteiger charge is 2.59. The van der Waals surface area contributed by atoms with Crippen molar-refractivity contribution in [3.05, 3.63) is 128 Å². The average molecular weight is 429 g/mol. The van der Waals surface area contributed by atoms with Crippen LogP contribution in [0.1, 0.15) is 39.8 Å². The van der Waals surface area contributed by atoms with E-state index in [1.165, 1.54) is 55.8 Å². The standard InChI is InChI=1S/C33H32/c1-21-12-14-23(3)25(16-21)18-30-28-9-5-6-10-29(28)32(19-26-17-22(2)13-15-24(26)4)33-20-27(33)8-7-11-31(30)33/h5-17,27H,18-20H2,1-4H3. The Morgan fingerprint density at radius 3 is 2.09 bits per heavy atom. The maximum absolute atomic E-state index is 2.45. The van der Waals surface area contributed by atoms with Crippen molar-refractivity contribution in [1.82, 2.24) is 0 Å². The van der Waals surface area contributed by atoms with Crippen LogP contribution >= 0.6 is 0 Å². The highest BCUT2D eigenvalue weighted by Crippen LogP contribution is 2.68. The number of aryl methyl sites for hydroxylation is 4. The molecular formula is C33H32. The molecule has 164 valence electrons. The van der Waals surface area contributed by atoms with E-state index >= 15 is 0 Å². The Morgan fingerprint density at radius 1 is 0.758 bits per heavy atom. The van der Waals surface area contributed by atoms with Crippen molar-refractivity contribution in [3.8, 4) is 0 Å². The summed E-state index contributed by atoms with van der Waals surface area (Å²) in [6.45, 7) is 8.94. The van der Waals surface area contributed by atoms with Gasteiger partial charge in [-0.2, -0.15) is 0 Å². The largest absolute Gasteiger partial charge is 0.0801 e. The summed E-state index contributed by atoms with van der Waals surface area (Å²) < 4.78 is 0. The second kappa shape index (κ2) is 7.45. The lowest BCUT2D eigenvalue weighted by molar-refractivity contribution is 0.730. The second-order valence-electron chi connectivity index (χ2n) is 10.5. The number of hydrogen-bond acceptors (Lipinski definition) is 0. The quantitative estimate of drug-likeness (QED) is 0.462. The fourth-order valence-electron chi connectivity index (χ4n) is 6.34. The van der Waals surface area contributed by atoms with Crippen molar-refractivity contribution in [2.45, 2.75) is 47.0 Å². The van der Waals surface area contributed by atoms with Gasteiger partial charge in [-0.25, -0.2) is 0 Å². The summed E-state index contributed by atoms with van der Waals surface area (Å²) in [6, 6.07) is 23.0. The van der Waals surface area contributed by atoms with Gasteiger partial charge >= 0.3 is 0 Å². The lowest BCUT2D eigenvalue weighted by Gasteiger charge is -2.33. The molecule has 0 saturated heterocycles. The first-order valence-corrected chi connectivity index (χ1v) is 12.3. The summed E-state index contributed by atoms with van der Waals surface area (Å²) in [7, 11) is 0. The minimum atomic E-state index is 0.187. The Labute approximate surface area is 197 Å². The molecule has 0 amide bonds. The summed E-state index contributed by atoms with van der Waals surface area (Å²) in [4.78, 5) is 0. The van der Waals surface area contributed by atoms with E-state index in [4.69, 9.17) is 0 Å². The molecule has 0 aliphatic heterocycles. The van der Waals surface area contributed by atoms with Gasteiger partial charge in [-0.1, -0.05) is 90.0 Å². The van der Waals surface area contributed by atoms with E-state index < -0.39 is 0 Å². The molecule has 0 heterocycles. The van der Waals surface area contributed by atoms with Gasteiger partial charge < -0.3 is 0 Å². The highest BCUT2D eigenvalue weighted by atomic mass is 14.6. The average Bonchev–Trinajstić information content (AvgIpc) is 3.55. The van der Waals surface area contributed by atoms with Gasteiger partial charge in [0.1, 0.15) is 0 Å². The molecule has 2 atom stereocenters. The van der Waals surface area contributed by atoms with Crippen LogP contribution in [-0.4, -0.2) is 0 Å². The minimum absolute atomic E-state index is 0.187. The smallest absolute Gasteiger partial charge is 0.0246 e. The van der Waals surface area contributed by atoms with Crippen LogP contribution < -0.4 is 10.4 Å². The van der Waals surface area contributed by atoms with E-state index in [9.17, 15) is 0 Å². The fraction of sp³-hybridized carbons (Fsp3) is 0.273. The molecule has 0 nitrogen and oxygen atoms in total. The molecule has 3 aromatic rings. The molecule has 0 bridgehead atoms. The number of fused-ring (bicyclic) bond motifs is 1. The molecular weight excluding hydrogens is 396 g/mol. The van der Waals surface area contributed by atoms with E-state index in [2.05, 4.69) is 107 Å². The molecule has 33 heavy (non-hydrogen) atoms. The van der Waals surface area contributed by atoms with Crippen LogP contribution in [0.15, 0.2) is 84.5 Å². The fourth-order valence-corrected chi connectivity index (χ4v) is 6.34. The van der Waals surface area contributed by atoms with Gasteiger partial charge in [0, 0.05) is 5.41 Å². The molecule has 1 saturated carbocycles. The summed E-state index contributed by atoms with van der Waals surface area (Å²) >= 11 is 0. The van der Waals surface area contributed by atoms with Gasteiger partial charge in [0.25, 0.3) is 0 Å². The third-order valence-electron chi connectivity index (χ3n) is 8.29. The van der Waals surface area contributed by atoms with Crippen molar-refractivity contribution in [1.29, 1.82) is 0 Å². The topological polar surface area (TPSA) is 0 Å². The highest BCUT2D eigenvalue weighted by molar-refractivity contribution is 5.84. The van der Waals surface area contributed by atoms with Crippen molar-refractivity contribution in [2.75, 3.05) is 0 Å². The van der Waals surface area contributed by atoms with Crippen LogP contribution in [-0.2, 0) is 12.8 Å². The summed E-state index contributed by atoms with van der Waals surface area (Å²) in [5.74, 6) is 0.638. The molecule has 6 rings (SSSR count). The van der Waals surface area contributed by atoms with Crippen LogP contribution in [0.2, 0.25) is 0 Å². The monoisotopic (exact) mass is 428 g/mol. The number of allylic oxidation sites excluding steroid dienone is 4. The van der Waals surface area contributed by atoms with Gasteiger partial charge in [-0.15, -0.1) is 0 Å². The Kier molecular flexibility index (Phi) is 4.63. The SMILES string of the molecule is Cc1ccc(C)c(CC2=c3ccccc3=C(Cc3cc(C)ccc3C)C34CC3C=CC=C24)c1. The van der Waals surface area contributed by atoms with Gasteiger partial charge in [-0.05, 0) is 102 Å². The summed E-state index contributed by atoms with van der Waals surface area (Å²) in [5.41, 5.74) is 13.4. The number of rotatable bonds is 4. The molecule has 3 aliphatic rings. The molecule has 0 radical (unpaired) electrons. The Balaban J connectivity index is 1.61. The molecule has 1 spiro atoms. The number of hydrogen-bond donors (Lipinski definition) is 0. The minimum Gasteiger partial charge on any atom is -0.0801 e. The van der Waals surface area contributed by atoms with E-state index in [1.54, 1.807) is 11.1 Å². The summed E-state index contributed by atoms with van der Waals surface area (Å²) in [5, 5.41) is 2.92. The molecule has 0 N–H and O–H groups in total. The van der Waals surface area contributed by atoms with Gasteiger partial charge in [-0.3, -0.25) is 0 Å². The summed E-state index contributed by atoms with van der Waals surface area (Å²) in [6.07, 6.45) is 10.5. The second-order valence-corrected chi connectivity index (χ2v) is 10.5. The molecule has 3 aromatic carbocycles. The molecule has 0 aromatic heterocycles. The molecule has 0 heteroatoms. The van der Waals surface area contributed by atoms with E-state index in [-0.39, 0.29) is 5.41 Å². The maximum Gasteiger partial charge on any atom is 0.0246 e. The third kappa shape index (κ3) is 3.19. The van der Waals surface area contributed by atoms with E-state index in [1.807, 2.05) is 0 Å². The van der Waals surface area contributed by atoms with E-state index in [0.717, 1.165) is 12.8 Å². The Morgan fingerprint density at radius 2 is 1.39 bits per heavy atom. The van der Waals surface area contributed by atoms with E-state index in [0.29, 0.717) is 5.92 Å². The molecule has 2 unspecified atom stereocenters. The van der Waals surface area contributed by atoms with Crippen LogP contribution in [0.25, 0.3) is 11.1 Å². The van der Waals surface area contributed by atoms with Crippen molar-refractivity contribution in [3.63, 3.8) is 0 Å². The lowest BCUT2D eigenvalue weighted by Crippen LogP contribution is -2.39. The first kappa shape index (κ1) is 20.5. The first-order chi connectivity index (χ1) is 16.0. The predicted molar refractivity (Wildman–Crippen MR) is 140 cm³/mol. The van der Waals surface area contributed by atoms with Gasteiger partial charge in [0.05, 0.1) is 0 Å². The van der Waals surface area contributed by atoms with Gasteiger partial charge in [0.15, 0.2) is 0 Å². The van der Waals surface area contributed by atoms with Crippen molar-refractivity contribution < 1.29 is 0 Å².